The standard InChI is InChI=1S/C14H24BrN3/c1-4-10-6-7-14(16,8-10)9-12-13(15)11(5-2)17-18(12)3/h10H,4-9,16H2,1-3H3. The smallest absolute Gasteiger partial charge is 0.0766 e. The van der Waals surface area contributed by atoms with Gasteiger partial charge in [0.1, 0.15) is 0 Å². The molecule has 2 N–H and O–H groups in total. The third kappa shape index (κ3) is 2.64. The molecule has 1 aliphatic carbocycles. The van der Waals surface area contributed by atoms with Crippen LogP contribution in [0.1, 0.15) is 50.9 Å². The van der Waals surface area contributed by atoms with Crippen LogP contribution >= 0.6 is 15.9 Å². The molecule has 0 amide bonds. The highest BCUT2D eigenvalue weighted by molar-refractivity contribution is 9.10. The van der Waals surface area contributed by atoms with Crippen molar-refractivity contribution in [2.24, 2.45) is 18.7 Å². The Bertz CT molecular complexity index is 427. The molecular weight excluding hydrogens is 290 g/mol. The monoisotopic (exact) mass is 313 g/mol. The van der Waals surface area contributed by atoms with Crippen molar-refractivity contribution in [1.29, 1.82) is 0 Å². The summed E-state index contributed by atoms with van der Waals surface area (Å²) >= 11 is 3.69. The van der Waals surface area contributed by atoms with Crippen molar-refractivity contribution in [3.05, 3.63) is 15.9 Å². The molecule has 0 spiro atoms. The van der Waals surface area contributed by atoms with E-state index in [0.29, 0.717) is 0 Å². The number of hydrogen-bond donors (Lipinski definition) is 1. The summed E-state index contributed by atoms with van der Waals surface area (Å²) in [6, 6.07) is 0. The first-order chi connectivity index (χ1) is 8.49. The van der Waals surface area contributed by atoms with Crippen molar-refractivity contribution in [2.45, 2.75) is 57.9 Å². The number of halogens is 1. The molecule has 0 radical (unpaired) electrons. The van der Waals surface area contributed by atoms with Gasteiger partial charge >= 0.3 is 0 Å². The van der Waals surface area contributed by atoms with Crippen molar-refractivity contribution < 1.29 is 0 Å². The third-order valence-corrected chi connectivity index (χ3v) is 5.26. The summed E-state index contributed by atoms with van der Waals surface area (Å²) in [7, 11) is 2.02. The summed E-state index contributed by atoms with van der Waals surface area (Å²) < 4.78 is 3.16. The first-order valence-electron chi connectivity index (χ1n) is 6.98. The lowest BCUT2D eigenvalue weighted by Gasteiger charge is -2.24. The van der Waals surface area contributed by atoms with E-state index in [1.54, 1.807) is 0 Å². The first kappa shape index (κ1) is 14.1. The maximum absolute atomic E-state index is 6.58. The van der Waals surface area contributed by atoms with E-state index in [1.165, 1.54) is 18.5 Å². The zero-order valence-electron chi connectivity index (χ0n) is 11.7. The second-order valence-corrected chi connectivity index (χ2v) is 6.53. The molecule has 1 aromatic rings. The molecule has 1 saturated carbocycles. The minimum absolute atomic E-state index is 0.0258. The fourth-order valence-corrected chi connectivity index (χ4v) is 3.88. The predicted molar refractivity (Wildman–Crippen MR) is 78.5 cm³/mol. The van der Waals surface area contributed by atoms with Crippen LogP contribution in [0, 0.1) is 5.92 Å². The van der Waals surface area contributed by atoms with Gasteiger partial charge in [0.15, 0.2) is 0 Å². The third-order valence-electron chi connectivity index (χ3n) is 4.35. The molecule has 3 nitrogen and oxygen atoms in total. The number of nitrogens with two attached hydrogens (primary N) is 1. The Balaban J connectivity index is 2.17. The molecule has 2 atom stereocenters. The molecule has 0 aromatic carbocycles. The summed E-state index contributed by atoms with van der Waals surface area (Å²) in [6.45, 7) is 4.41. The van der Waals surface area contributed by atoms with Gasteiger partial charge in [-0.2, -0.15) is 5.10 Å². The number of nitrogens with zero attached hydrogens (tertiary/aromatic N) is 2. The lowest BCUT2D eigenvalue weighted by molar-refractivity contribution is 0.396. The van der Waals surface area contributed by atoms with Gasteiger partial charge in [0.2, 0.25) is 0 Å². The van der Waals surface area contributed by atoms with E-state index >= 15 is 0 Å². The molecule has 2 unspecified atom stereocenters. The van der Waals surface area contributed by atoms with Gasteiger partial charge < -0.3 is 5.73 Å². The number of rotatable bonds is 4. The second kappa shape index (κ2) is 5.33. The SMILES string of the molecule is CCc1nn(C)c(CC2(N)CCC(CC)C2)c1Br. The molecule has 0 bridgehead atoms. The topological polar surface area (TPSA) is 43.8 Å². The molecule has 0 saturated heterocycles. The summed E-state index contributed by atoms with van der Waals surface area (Å²) in [6.07, 6.45) is 6.74. The number of aryl methyl sites for hydroxylation is 2. The van der Waals surface area contributed by atoms with Crippen LogP contribution in [0.15, 0.2) is 4.47 Å². The van der Waals surface area contributed by atoms with Crippen LogP contribution in [0.3, 0.4) is 0 Å². The second-order valence-electron chi connectivity index (χ2n) is 5.74. The van der Waals surface area contributed by atoms with Gasteiger partial charge in [-0.25, -0.2) is 0 Å². The normalized spacial score (nSPS) is 27.9. The van der Waals surface area contributed by atoms with Crippen molar-refractivity contribution in [3.63, 3.8) is 0 Å². The highest BCUT2D eigenvalue weighted by Crippen LogP contribution is 2.38. The quantitative estimate of drug-likeness (QED) is 0.927. The molecule has 1 aliphatic rings. The van der Waals surface area contributed by atoms with E-state index in [4.69, 9.17) is 5.73 Å². The lowest BCUT2D eigenvalue weighted by Crippen LogP contribution is -2.40. The van der Waals surface area contributed by atoms with Crippen LogP contribution in [0.2, 0.25) is 0 Å². The van der Waals surface area contributed by atoms with Gasteiger partial charge in [-0.15, -0.1) is 0 Å². The van der Waals surface area contributed by atoms with Crippen LogP contribution in [-0.4, -0.2) is 15.3 Å². The van der Waals surface area contributed by atoms with Crippen molar-refractivity contribution in [3.8, 4) is 0 Å². The molecule has 1 fully saturated rings. The molecule has 0 aliphatic heterocycles. The van der Waals surface area contributed by atoms with Crippen LogP contribution in [0.25, 0.3) is 0 Å². The van der Waals surface area contributed by atoms with E-state index in [9.17, 15) is 0 Å². The van der Waals surface area contributed by atoms with Crippen LogP contribution in [-0.2, 0) is 19.9 Å². The molecule has 4 heteroatoms. The minimum atomic E-state index is -0.0258. The Kier molecular flexibility index (Phi) is 4.17. The van der Waals surface area contributed by atoms with Crippen molar-refractivity contribution >= 4 is 15.9 Å². The zero-order chi connectivity index (χ0) is 13.3. The summed E-state index contributed by atoms with van der Waals surface area (Å²) in [5.74, 6) is 0.813. The molecule has 2 rings (SSSR count). The van der Waals surface area contributed by atoms with Crippen LogP contribution in [0.4, 0.5) is 0 Å². The molecule has 1 aromatic heterocycles. The van der Waals surface area contributed by atoms with Crippen LogP contribution in [0.5, 0.6) is 0 Å². The fourth-order valence-electron chi connectivity index (χ4n) is 3.12. The van der Waals surface area contributed by atoms with Gasteiger partial charge in [-0.1, -0.05) is 20.3 Å². The Morgan fingerprint density at radius 3 is 2.72 bits per heavy atom. The van der Waals surface area contributed by atoms with Gasteiger partial charge in [0.25, 0.3) is 0 Å². The van der Waals surface area contributed by atoms with Crippen LogP contribution < -0.4 is 5.73 Å². The van der Waals surface area contributed by atoms with E-state index in [2.05, 4.69) is 34.9 Å². The maximum Gasteiger partial charge on any atom is 0.0766 e. The Morgan fingerprint density at radius 2 is 2.22 bits per heavy atom. The van der Waals surface area contributed by atoms with Crippen molar-refractivity contribution in [2.75, 3.05) is 0 Å². The highest BCUT2D eigenvalue weighted by atomic mass is 79.9. The fraction of sp³-hybridized carbons (Fsp3) is 0.786. The van der Waals surface area contributed by atoms with E-state index < -0.39 is 0 Å². The Hall–Kier alpha value is -0.350. The van der Waals surface area contributed by atoms with Gasteiger partial charge in [-0.05, 0) is 47.5 Å². The highest BCUT2D eigenvalue weighted by Gasteiger charge is 2.36. The molecule has 1 heterocycles. The summed E-state index contributed by atoms with van der Waals surface area (Å²) in [4.78, 5) is 0. The van der Waals surface area contributed by atoms with Gasteiger partial charge in [0.05, 0.1) is 15.9 Å². The number of hydrogen-bond acceptors (Lipinski definition) is 2. The van der Waals surface area contributed by atoms with Crippen molar-refractivity contribution in [1.82, 2.24) is 9.78 Å². The average molecular weight is 314 g/mol. The maximum atomic E-state index is 6.58. The number of aromatic nitrogens is 2. The molecular formula is C14H24BrN3. The lowest BCUT2D eigenvalue weighted by atomic mass is 9.91. The van der Waals surface area contributed by atoms with E-state index in [0.717, 1.165) is 41.8 Å². The Labute approximate surface area is 118 Å². The average Bonchev–Trinajstić information content (AvgIpc) is 2.85. The van der Waals surface area contributed by atoms with Gasteiger partial charge in [-0.3, -0.25) is 4.68 Å². The minimum Gasteiger partial charge on any atom is -0.325 e. The predicted octanol–water partition coefficient (Wildman–Crippen LogP) is 3.20. The summed E-state index contributed by atoms with van der Waals surface area (Å²) in [5.41, 5.74) is 8.95. The molecule has 102 valence electrons. The molecule has 18 heavy (non-hydrogen) atoms. The zero-order valence-corrected chi connectivity index (χ0v) is 13.3. The van der Waals surface area contributed by atoms with E-state index in [1.807, 2.05) is 11.7 Å². The van der Waals surface area contributed by atoms with Gasteiger partial charge in [0, 0.05) is 19.0 Å². The largest absolute Gasteiger partial charge is 0.325 e. The Morgan fingerprint density at radius 1 is 1.50 bits per heavy atom. The van der Waals surface area contributed by atoms with E-state index in [-0.39, 0.29) is 5.54 Å². The first-order valence-corrected chi connectivity index (χ1v) is 7.77. The summed E-state index contributed by atoms with van der Waals surface area (Å²) in [5, 5.41) is 4.56.